The summed E-state index contributed by atoms with van der Waals surface area (Å²) in [4.78, 5) is 0. The Morgan fingerprint density at radius 3 is 2.06 bits per heavy atom. The number of rotatable bonds is 4. The molecule has 0 aromatic heterocycles. The summed E-state index contributed by atoms with van der Waals surface area (Å²) in [5, 5.41) is 0. The monoisotopic (exact) mass is 238 g/mol. The molecule has 0 bridgehead atoms. The van der Waals surface area contributed by atoms with Crippen LogP contribution in [0, 0.1) is 25.2 Å². The van der Waals surface area contributed by atoms with Gasteiger partial charge in [-0.25, -0.2) is 0 Å². The third-order valence-corrected chi connectivity index (χ3v) is 4.53. The topological polar surface area (TPSA) is 0 Å². The maximum atomic E-state index is 6.16. The lowest BCUT2D eigenvalue weighted by molar-refractivity contribution is 0.252. The number of hydrogen-bond acceptors (Lipinski definition) is 0. The van der Waals surface area contributed by atoms with Crippen molar-refractivity contribution in [1.29, 1.82) is 0 Å². The van der Waals surface area contributed by atoms with Gasteiger partial charge in [0.2, 0.25) is 0 Å². The Morgan fingerprint density at radius 1 is 1.19 bits per heavy atom. The molecule has 0 aliphatic rings. The highest BCUT2D eigenvalue weighted by molar-refractivity contribution is 6.18. The summed E-state index contributed by atoms with van der Waals surface area (Å²) < 4.78 is 0. The molecule has 0 N–H and O–H groups in total. The standard InChI is InChI=1S/C15H23Cl/c1-11(2)15(5,10-16)9-14-12(3)7-6-8-13(14)4/h6-8,11H,9-10H2,1-5H3. The first-order chi connectivity index (χ1) is 7.40. The Balaban J connectivity index is 3.03. The summed E-state index contributed by atoms with van der Waals surface area (Å²) in [6.07, 6.45) is 1.08. The van der Waals surface area contributed by atoms with Crippen LogP contribution in [0.4, 0.5) is 0 Å². The number of aryl methyl sites for hydroxylation is 2. The van der Waals surface area contributed by atoms with E-state index in [0.717, 1.165) is 12.3 Å². The molecule has 0 heterocycles. The van der Waals surface area contributed by atoms with E-state index < -0.39 is 0 Å². The zero-order valence-electron chi connectivity index (χ0n) is 11.1. The SMILES string of the molecule is Cc1cccc(C)c1CC(C)(CCl)C(C)C. The Labute approximate surface area is 105 Å². The van der Waals surface area contributed by atoms with Crippen LogP contribution in [-0.4, -0.2) is 5.88 Å². The van der Waals surface area contributed by atoms with E-state index in [-0.39, 0.29) is 5.41 Å². The van der Waals surface area contributed by atoms with Crippen LogP contribution < -0.4 is 0 Å². The second-order valence-corrected chi connectivity index (χ2v) is 5.76. The van der Waals surface area contributed by atoms with Gasteiger partial charge < -0.3 is 0 Å². The predicted octanol–water partition coefficient (Wildman–Crippen LogP) is 4.75. The fourth-order valence-electron chi connectivity index (χ4n) is 1.94. The zero-order chi connectivity index (χ0) is 12.3. The second-order valence-electron chi connectivity index (χ2n) is 5.49. The smallest absolute Gasteiger partial charge is 0.0282 e. The second kappa shape index (κ2) is 5.23. The molecule has 0 saturated heterocycles. The Morgan fingerprint density at radius 2 is 1.69 bits per heavy atom. The van der Waals surface area contributed by atoms with Crippen LogP contribution in [0.25, 0.3) is 0 Å². The van der Waals surface area contributed by atoms with E-state index >= 15 is 0 Å². The molecule has 0 aliphatic carbocycles. The maximum Gasteiger partial charge on any atom is 0.0282 e. The van der Waals surface area contributed by atoms with Crippen LogP contribution in [0.15, 0.2) is 18.2 Å². The molecule has 90 valence electrons. The number of alkyl halides is 1. The molecule has 0 radical (unpaired) electrons. The molecule has 0 saturated carbocycles. The molecule has 0 amide bonds. The molecule has 1 atom stereocenters. The minimum atomic E-state index is 0.193. The van der Waals surface area contributed by atoms with E-state index in [1.165, 1.54) is 16.7 Å². The van der Waals surface area contributed by atoms with Crippen molar-refractivity contribution in [3.05, 3.63) is 34.9 Å². The summed E-state index contributed by atoms with van der Waals surface area (Å²) in [6, 6.07) is 6.51. The number of halogens is 1. The van der Waals surface area contributed by atoms with Crippen molar-refractivity contribution in [3.8, 4) is 0 Å². The molecule has 0 nitrogen and oxygen atoms in total. The summed E-state index contributed by atoms with van der Waals surface area (Å²) in [7, 11) is 0. The van der Waals surface area contributed by atoms with Gasteiger partial charge in [-0.15, -0.1) is 11.6 Å². The minimum Gasteiger partial charge on any atom is -0.126 e. The van der Waals surface area contributed by atoms with E-state index in [1.54, 1.807) is 0 Å². The molecule has 0 aliphatic heterocycles. The van der Waals surface area contributed by atoms with Gasteiger partial charge in [0.05, 0.1) is 0 Å². The largest absolute Gasteiger partial charge is 0.126 e. The molecular weight excluding hydrogens is 216 g/mol. The zero-order valence-corrected chi connectivity index (χ0v) is 11.9. The highest BCUT2D eigenvalue weighted by Gasteiger charge is 2.28. The predicted molar refractivity (Wildman–Crippen MR) is 73.3 cm³/mol. The van der Waals surface area contributed by atoms with Crippen LogP contribution in [0.1, 0.15) is 37.5 Å². The number of benzene rings is 1. The fraction of sp³-hybridized carbons (Fsp3) is 0.600. The van der Waals surface area contributed by atoms with Crippen molar-refractivity contribution in [2.24, 2.45) is 11.3 Å². The molecule has 1 heteroatoms. The van der Waals surface area contributed by atoms with Gasteiger partial charge in [0.15, 0.2) is 0 Å². The van der Waals surface area contributed by atoms with Crippen LogP contribution in [0.5, 0.6) is 0 Å². The van der Waals surface area contributed by atoms with Crippen molar-refractivity contribution in [2.45, 2.75) is 41.0 Å². The van der Waals surface area contributed by atoms with E-state index in [1.807, 2.05) is 0 Å². The summed E-state index contributed by atoms with van der Waals surface area (Å²) in [5.41, 5.74) is 4.44. The first-order valence-corrected chi connectivity index (χ1v) is 6.55. The Hall–Kier alpha value is -0.490. The van der Waals surface area contributed by atoms with Gasteiger partial charge in [-0.1, -0.05) is 39.0 Å². The Bertz CT molecular complexity index is 334. The fourth-order valence-corrected chi connectivity index (χ4v) is 2.34. The van der Waals surface area contributed by atoms with E-state index in [0.29, 0.717) is 5.92 Å². The van der Waals surface area contributed by atoms with Gasteiger partial charge in [-0.2, -0.15) is 0 Å². The highest BCUT2D eigenvalue weighted by Crippen LogP contribution is 2.34. The lowest BCUT2D eigenvalue weighted by atomic mass is 9.74. The molecule has 16 heavy (non-hydrogen) atoms. The van der Waals surface area contributed by atoms with Crippen LogP contribution in [0.2, 0.25) is 0 Å². The van der Waals surface area contributed by atoms with Crippen molar-refractivity contribution in [2.75, 3.05) is 5.88 Å². The van der Waals surface area contributed by atoms with Crippen LogP contribution >= 0.6 is 11.6 Å². The average Bonchev–Trinajstić information content (AvgIpc) is 2.23. The third-order valence-electron chi connectivity index (χ3n) is 3.92. The minimum absolute atomic E-state index is 0.193. The molecule has 1 unspecified atom stereocenters. The van der Waals surface area contributed by atoms with Gasteiger partial charge in [0, 0.05) is 5.88 Å². The lowest BCUT2D eigenvalue weighted by Gasteiger charge is -2.33. The van der Waals surface area contributed by atoms with E-state index in [9.17, 15) is 0 Å². The average molecular weight is 239 g/mol. The van der Waals surface area contributed by atoms with Crippen molar-refractivity contribution in [3.63, 3.8) is 0 Å². The quantitative estimate of drug-likeness (QED) is 0.665. The highest BCUT2D eigenvalue weighted by atomic mass is 35.5. The lowest BCUT2D eigenvalue weighted by Crippen LogP contribution is -2.29. The summed E-state index contributed by atoms with van der Waals surface area (Å²) in [6.45, 7) is 11.2. The van der Waals surface area contributed by atoms with E-state index in [2.05, 4.69) is 52.8 Å². The Kier molecular flexibility index (Phi) is 4.43. The van der Waals surface area contributed by atoms with Gasteiger partial charge in [0.25, 0.3) is 0 Å². The third kappa shape index (κ3) is 2.79. The van der Waals surface area contributed by atoms with Crippen molar-refractivity contribution < 1.29 is 0 Å². The van der Waals surface area contributed by atoms with Crippen LogP contribution in [0.3, 0.4) is 0 Å². The van der Waals surface area contributed by atoms with Crippen molar-refractivity contribution in [1.82, 2.24) is 0 Å². The van der Waals surface area contributed by atoms with Crippen molar-refractivity contribution >= 4 is 11.6 Å². The first kappa shape index (κ1) is 13.6. The van der Waals surface area contributed by atoms with Crippen LogP contribution in [-0.2, 0) is 6.42 Å². The molecule has 1 aromatic rings. The van der Waals surface area contributed by atoms with Gasteiger partial charge in [-0.05, 0) is 48.3 Å². The molecule has 0 spiro atoms. The molecule has 0 fully saturated rings. The molecule has 1 aromatic carbocycles. The normalized spacial score (nSPS) is 15.2. The maximum absolute atomic E-state index is 6.16. The summed E-state index contributed by atoms with van der Waals surface area (Å²) >= 11 is 6.16. The first-order valence-electron chi connectivity index (χ1n) is 6.02. The molecule has 1 rings (SSSR count). The summed E-state index contributed by atoms with van der Waals surface area (Å²) in [5.74, 6) is 1.32. The molecular formula is C15H23Cl. The van der Waals surface area contributed by atoms with E-state index in [4.69, 9.17) is 11.6 Å². The van der Waals surface area contributed by atoms with Gasteiger partial charge in [-0.3, -0.25) is 0 Å². The number of hydrogen-bond donors (Lipinski definition) is 0. The van der Waals surface area contributed by atoms with Gasteiger partial charge in [0.1, 0.15) is 0 Å². The van der Waals surface area contributed by atoms with Gasteiger partial charge >= 0.3 is 0 Å².